The highest BCUT2D eigenvalue weighted by atomic mass is 19.4. The number of hydrogen-bond acceptors (Lipinski definition) is 2. The molecule has 2 N–H and O–H groups in total. The second-order valence-electron chi connectivity index (χ2n) is 4.70. The Balaban J connectivity index is 2.43. The second-order valence-corrected chi connectivity index (χ2v) is 4.70. The van der Waals surface area contributed by atoms with Crippen LogP contribution >= 0.6 is 0 Å². The van der Waals surface area contributed by atoms with Gasteiger partial charge in [-0.3, -0.25) is 4.79 Å². The minimum Gasteiger partial charge on any atom is -0.339 e. The molecule has 0 saturated heterocycles. The van der Waals surface area contributed by atoms with Crippen LogP contribution in [-0.4, -0.2) is 36.6 Å². The molecule has 0 fully saturated rings. The zero-order chi connectivity index (χ0) is 13.8. The number of nitrogens with zero attached hydrogens (tertiary/aromatic N) is 1. The van der Waals surface area contributed by atoms with Crippen LogP contribution in [0.2, 0.25) is 0 Å². The van der Waals surface area contributed by atoms with Crippen LogP contribution in [-0.2, 0) is 4.79 Å². The summed E-state index contributed by atoms with van der Waals surface area (Å²) < 4.78 is 37.2. The molecule has 1 heterocycles. The van der Waals surface area contributed by atoms with Crippen LogP contribution < -0.4 is 5.73 Å². The monoisotopic (exact) mass is 264 g/mol. The van der Waals surface area contributed by atoms with E-state index in [9.17, 15) is 18.0 Å². The van der Waals surface area contributed by atoms with Gasteiger partial charge < -0.3 is 10.6 Å². The zero-order valence-corrected chi connectivity index (χ0v) is 10.5. The molecule has 1 atom stereocenters. The quantitative estimate of drug-likeness (QED) is 0.790. The molecule has 18 heavy (non-hydrogen) atoms. The average molecular weight is 264 g/mol. The van der Waals surface area contributed by atoms with Crippen molar-refractivity contribution in [2.75, 3.05) is 19.6 Å². The fraction of sp³-hybridized carbons (Fsp3) is 0.750. The largest absolute Gasteiger partial charge is 0.412 e. The number of halogens is 3. The van der Waals surface area contributed by atoms with Gasteiger partial charge in [0, 0.05) is 25.1 Å². The van der Waals surface area contributed by atoms with Crippen molar-refractivity contribution in [3.8, 4) is 0 Å². The molecule has 104 valence electrons. The third-order valence-electron chi connectivity index (χ3n) is 3.18. The summed E-state index contributed by atoms with van der Waals surface area (Å²) >= 11 is 0. The maximum Gasteiger partial charge on any atom is 0.412 e. The Morgan fingerprint density at radius 2 is 2.22 bits per heavy atom. The Kier molecular flexibility index (Phi) is 5.19. The van der Waals surface area contributed by atoms with E-state index in [-0.39, 0.29) is 31.3 Å². The van der Waals surface area contributed by atoms with Gasteiger partial charge in [0.05, 0.1) is 0 Å². The highest BCUT2D eigenvalue weighted by molar-refractivity contribution is 5.76. The molecule has 1 aliphatic rings. The Morgan fingerprint density at radius 3 is 2.67 bits per heavy atom. The minimum atomic E-state index is -4.26. The van der Waals surface area contributed by atoms with E-state index in [1.807, 2.05) is 6.92 Å². The summed E-state index contributed by atoms with van der Waals surface area (Å²) in [4.78, 5) is 13.2. The van der Waals surface area contributed by atoms with E-state index >= 15 is 0 Å². The lowest BCUT2D eigenvalue weighted by Crippen LogP contribution is -2.36. The molecule has 6 heteroatoms. The minimum absolute atomic E-state index is 0.0602. The van der Waals surface area contributed by atoms with E-state index in [1.54, 1.807) is 0 Å². The van der Waals surface area contributed by atoms with Crippen LogP contribution in [0.5, 0.6) is 0 Å². The average Bonchev–Trinajstić information content (AvgIpc) is 2.34. The van der Waals surface area contributed by atoms with Crippen molar-refractivity contribution in [3.63, 3.8) is 0 Å². The molecule has 0 aromatic heterocycles. The number of alkyl halides is 3. The smallest absolute Gasteiger partial charge is 0.339 e. The summed E-state index contributed by atoms with van der Waals surface area (Å²) in [5.74, 6) is 0.174. The van der Waals surface area contributed by atoms with E-state index in [0.29, 0.717) is 19.4 Å². The van der Waals surface area contributed by atoms with Gasteiger partial charge in [-0.25, -0.2) is 0 Å². The van der Waals surface area contributed by atoms with Gasteiger partial charge >= 0.3 is 6.18 Å². The number of carbonyl (C=O) groups excluding carboxylic acids is 1. The molecule has 0 aromatic carbocycles. The molecule has 1 aliphatic heterocycles. The predicted octanol–water partition coefficient (Wildman–Crippen LogP) is 2.08. The lowest BCUT2D eigenvalue weighted by atomic mass is 10.0. The first-order valence-electron chi connectivity index (χ1n) is 6.08. The maximum atomic E-state index is 12.4. The van der Waals surface area contributed by atoms with Crippen molar-refractivity contribution < 1.29 is 18.0 Å². The second kappa shape index (κ2) is 6.22. The molecule has 0 aliphatic carbocycles. The van der Waals surface area contributed by atoms with E-state index < -0.39 is 11.7 Å². The predicted molar refractivity (Wildman–Crippen MR) is 62.8 cm³/mol. The van der Waals surface area contributed by atoms with Crippen LogP contribution in [0.3, 0.4) is 0 Å². The molecular weight excluding hydrogens is 245 g/mol. The van der Waals surface area contributed by atoms with Crippen molar-refractivity contribution >= 4 is 5.91 Å². The number of nitrogens with two attached hydrogens (primary N) is 1. The third kappa shape index (κ3) is 4.33. The summed E-state index contributed by atoms with van der Waals surface area (Å²) in [6.07, 6.45) is -2.23. The summed E-state index contributed by atoms with van der Waals surface area (Å²) in [7, 11) is 0. The van der Waals surface area contributed by atoms with Crippen molar-refractivity contribution in [1.82, 2.24) is 4.90 Å². The Labute approximate surface area is 105 Å². The number of rotatable bonds is 4. The van der Waals surface area contributed by atoms with Gasteiger partial charge in [0.15, 0.2) is 0 Å². The van der Waals surface area contributed by atoms with Gasteiger partial charge in [-0.2, -0.15) is 13.2 Å². The first kappa shape index (κ1) is 15.0. The molecule has 0 spiro atoms. The Morgan fingerprint density at radius 1 is 1.56 bits per heavy atom. The van der Waals surface area contributed by atoms with Crippen LogP contribution in [0.4, 0.5) is 13.2 Å². The van der Waals surface area contributed by atoms with E-state index in [4.69, 9.17) is 5.73 Å². The Bertz CT molecular complexity index is 326. The lowest BCUT2D eigenvalue weighted by Gasteiger charge is -2.27. The molecule has 1 amide bonds. The van der Waals surface area contributed by atoms with Gasteiger partial charge in [0.1, 0.15) is 0 Å². The van der Waals surface area contributed by atoms with E-state index in [1.165, 1.54) is 4.90 Å². The molecular formula is C12H19F3N2O. The molecule has 1 rings (SSSR count). The van der Waals surface area contributed by atoms with Gasteiger partial charge in [-0.05, 0) is 25.3 Å². The van der Waals surface area contributed by atoms with Crippen molar-refractivity contribution in [1.29, 1.82) is 0 Å². The van der Waals surface area contributed by atoms with E-state index in [0.717, 1.165) is 6.08 Å². The highest BCUT2D eigenvalue weighted by Crippen LogP contribution is 2.30. The van der Waals surface area contributed by atoms with Gasteiger partial charge in [-0.1, -0.05) is 13.0 Å². The topological polar surface area (TPSA) is 46.3 Å². The first-order chi connectivity index (χ1) is 8.34. The van der Waals surface area contributed by atoms with Crippen LogP contribution in [0, 0.1) is 5.92 Å². The van der Waals surface area contributed by atoms with Gasteiger partial charge in [0.2, 0.25) is 5.91 Å². The first-order valence-corrected chi connectivity index (χ1v) is 6.08. The standard InChI is InChI=1S/C12H19F3N2O/c1-9(8-16)2-3-11(18)17-6-4-10(5-7-17)12(13,14)15/h4,9H,2-3,5-8,16H2,1H3. The molecule has 1 unspecified atom stereocenters. The summed E-state index contributed by atoms with van der Waals surface area (Å²) in [5, 5.41) is 0. The van der Waals surface area contributed by atoms with Crippen molar-refractivity contribution in [2.24, 2.45) is 11.7 Å². The van der Waals surface area contributed by atoms with E-state index in [2.05, 4.69) is 0 Å². The fourth-order valence-electron chi connectivity index (χ4n) is 1.80. The van der Waals surface area contributed by atoms with Crippen LogP contribution in [0.25, 0.3) is 0 Å². The lowest BCUT2D eigenvalue weighted by molar-refractivity contribution is -0.132. The number of hydrogen-bond donors (Lipinski definition) is 1. The summed E-state index contributed by atoms with van der Waals surface area (Å²) in [6.45, 7) is 2.68. The SMILES string of the molecule is CC(CN)CCC(=O)N1CC=C(C(F)(F)F)CC1. The van der Waals surface area contributed by atoms with Gasteiger partial charge in [0.25, 0.3) is 0 Å². The van der Waals surface area contributed by atoms with Crippen LogP contribution in [0.1, 0.15) is 26.2 Å². The number of carbonyl (C=O) groups is 1. The normalized spacial score (nSPS) is 18.5. The molecule has 0 saturated carbocycles. The summed E-state index contributed by atoms with van der Waals surface area (Å²) in [6, 6.07) is 0. The molecule has 0 aromatic rings. The third-order valence-corrected chi connectivity index (χ3v) is 3.18. The van der Waals surface area contributed by atoms with Crippen molar-refractivity contribution in [2.45, 2.75) is 32.4 Å². The van der Waals surface area contributed by atoms with Gasteiger partial charge in [-0.15, -0.1) is 0 Å². The summed E-state index contributed by atoms with van der Waals surface area (Å²) in [5.41, 5.74) is 4.92. The maximum absolute atomic E-state index is 12.4. The van der Waals surface area contributed by atoms with Crippen LogP contribution in [0.15, 0.2) is 11.6 Å². The highest BCUT2D eigenvalue weighted by Gasteiger charge is 2.35. The fourth-order valence-corrected chi connectivity index (χ4v) is 1.80. The number of amides is 1. The Hall–Kier alpha value is -1.04. The van der Waals surface area contributed by atoms with Crippen molar-refractivity contribution in [3.05, 3.63) is 11.6 Å². The zero-order valence-electron chi connectivity index (χ0n) is 10.5. The molecule has 0 radical (unpaired) electrons. The molecule has 3 nitrogen and oxygen atoms in total. The molecule has 0 bridgehead atoms.